The summed E-state index contributed by atoms with van der Waals surface area (Å²) >= 11 is 0. The van der Waals surface area contributed by atoms with Crippen LogP contribution in [0.4, 0.5) is 0 Å². The third-order valence-corrected chi connectivity index (χ3v) is 15.7. The van der Waals surface area contributed by atoms with Crippen LogP contribution in [0.1, 0.15) is 286 Å². The van der Waals surface area contributed by atoms with Crippen LogP contribution >= 0.6 is 15.6 Å². The van der Waals surface area contributed by atoms with Gasteiger partial charge in [0.15, 0.2) is 12.2 Å². The average molecular weight is 1210 g/mol. The van der Waals surface area contributed by atoms with Crippen LogP contribution in [-0.4, -0.2) is 96.7 Å². The molecule has 0 bridgehead atoms. The van der Waals surface area contributed by atoms with Crippen LogP contribution in [0.15, 0.2) is 24.3 Å². The molecule has 0 amide bonds. The number of aliphatic hydroxyl groups excluding tert-OH is 1. The number of esters is 4. The van der Waals surface area contributed by atoms with E-state index in [-0.39, 0.29) is 25.7 Å². The lowest BCUT2D eigenvalue weighted by Gasteiger charge is -2.21. The second kappa shape index (κ2) is 55.1. The van der Waals surface area contributed by atoms with Gasteiger partial charge in [-0.25, -0.2) is 9.13 Å². The van der Waals surface area contributed by atoms with E-state index in [0.717, 1.165) is 109 Å². The smallest absolute Gasteiger partial charge is 0.462 e. The second-order valence-electron chi connectivity index (χ2n) is 23.1. The highest BCUT2D eigenvalue weighted by molar-refractivity contribution is 7.47. The lowest BCUT2D eigenvalue weighted by atomic mass is 10.0. The molecule has 0 aliphatic carbocycles. The largest absolute Gasteiger partial charge is 0.472 e. The Bertz CT molecular complexity index is 1710. The van der Waals surface area contributed by atoms with Crippen molar-refractivity contribution in [2.24, 2.45) is 11.8 Å². The van der Waals surface area contributed by atoms with Crippen molar-refractivity contribution in [1.82, 2.24) is 0 Å². The molecule has 0 aromatic heterocycles. The molecule has 82 heavy (non-hydrogen) atoms. The first-order valence-corrected chi connectivity index (χ1v) is 35.3. The minimum Gasteiger partial charge on any atom is -0.462 e. The molecule has 0 aliphatic heterocycles. The molecule has 0 aromatic carbocycles. The van der Waals surface area contributed by atoms with Crippen molar-refractivity contribution in [2.75, 3.05) is 39.6 Å². The van der Waals surface area contributed by atoms with Gasteiger partial charge in [-0.1, -0.05) is 233 Å². The topological polar surface area (TPSA) is 237 Å². The number of phosphoric ester groups is 2. The molecule has 0 heterocycles. The molecular weight excluding hydrogens is 1090 g/mol. The van der Waals surface area contributed by atoms with E-state index in [1.54, 1.807) is 0 Å². The van der Waals surface area contributed by atoms with Crippen molar-refractivity contribution in [3.05, 3.63) is 24.3 Å². The van der Waals surface area contributed by atoms with E-state index in [4.69, 9.17) is 37.0 Å². The van der Waals surface area contributed by atoms with E-state index in [9.17, 15) is 43.2 Å². The zero-order chi connectivity index (χ0) is 60.8. The number of hydrogen-bond acceptors (Lipinski definition) is 15. The Hall–Kier alpha value is -2.46. The molecule has 19 heteroatoms. The lowest BCUT2D eigenvalue weighted by Crippen LogP contribution is -2.30. The van der Waals surface area contributed by atoms with Crippen LogP contribution in [0.2, 0.25) is 0 Å². The van der Waals surface area contributed by atoms with Gasteiger partial charge >= 0.3 is 39.5 Å². The molecule has 17 nitrogen and oxygen atoms in total. The van der Waals surface area contributed by atoms with Crippen molar-refractivity contribution in [3.8, 4) is 0 Å². The summed E-state index contributed by atoms with van der Waals surface area (Å²) in [6, 6.07) is 0. The maximum absolute atomic E-state index is 12.9. The molecule has 0 saturated heterocycles. The monoisotopic (exact) mass is 1210 g/mol. The summed E-state index contributed by atoms with van der Waals surface area (Å²) < 4.78 is 67.8. The Morgan fingerprint density at radius 2 is 0.659 bits per heavy atom. The van der Waals surface area contributed by atoms with Gasteiger partial charge in [-0.3, -0.25) is 37.3 Å². The van der Waals surface area contributed by atoms with Gasteiger partial charge in [0.1, 0.15) is 19.3 Å². The van der Waals surface area contributed by atoms with Crippen LogP contribution in [0.25, 0.3) is 0 Å². The molecule has 0 aromatic rings. The van der Waals surface area contributed by atoms with E-state index < -0.39 is 97.5 Å². The summed E-state index contributed by atoms with van der Waals surface area (Å²) in [5.41, 5.74) is 0. The number of allylic oxidation sites excluding steroid dienone is 4. The lowest BCUT2D eigenvalue weighted by molar-refractivity contribution is -0.161. The van der Waals surface area contributed by atoms with E-state index in [0.29, 0.717) is 37.5 Å². The van der Waals surface area contributed by atoms with Crippen molar-refractivity contribution >= 4 is 39.5 Å². The van der Waals surface area contributed by atoms with Crippen molar-refractivity contribution in [2.45, 2.75) is 304 Å². The molecule has 482 valence electrons. The number of unbranched alkanes of at least 4 members (excludes halogenated alkanes) is 27. The van der Waals surface area contributed by atoms with Crippen LogP contribution in [0.3, 0.4) is 0 Å². The van der Waals surface area contributed by atoms with Crippen LogP contribution in [0.5, 0.6) is 0 Å². The molecule has 0 saturated carbocycles. The van der Waals surface area contributed by atoms with Gasteiger partial charge in [0.25, 0.3) is 0 Å². The maximum Gasteiger partial charge on any atom is 0.472 e. The average Bonchev–Trinajstić information content (AvgIpc) is 3.43. The van der Waals surface area contributed by atoms with Gasteiger partial charge in [-0.05, 0) is 63.2 Å². The molecule has 3 N–H and O–H groups in total. The van der Waals surface area contributed by atoms with Gasteiger partial charge in [-0.2, -0.15) is 0 Å². The number of ether oxygens (including phenoxy) is 4. The molecule has 0 aliphatic rings. The Balaban J connectivity index is 5.25. The zero-order valence-electron chi connectivity index (χ0n) is 52.3. The summed E-state index contributed by atoms with van der Waals surface area (Å²) in [4.78, 5) is 72.0. The van der Waals surface area contributed by atoms with Gasteiger partial charge < -0.3 is 33.8 Å². The number of carbonyl (C=O) groups is 4. The number of phosphoric acid groups is 2. The summed E-state index contributed by atoms with van der Waals surface area (Å²) in [5.74, 6) is -0.830. The maximum atomic E-state index is 12.9. The summed E-state index contributed by atoms with van der Waals surface area (Å²) in [6.45, 7) is 9.22. The quantitative estimate of drug-likeness (QED) is 0.0169. The Morgan fingerprint density at radius 3 is 1.00 bits per heavy atom. The predicted molar refractivity (Wildman–Crippen MR) is 326 cm³/mol. The first kappa shape index (κ1) is 79.5. The van der Waals surface area contributed by atoms with Gasteiger partial charge in [-0.15, -0.1) is 0 Å². The summed E-state index contributed by atoms with van der Waals surface area (Å²) in [7, 11) is -9.89. The standard InChI is InChI=1S/C63H118O17P2/c1-7-9-11-13-15-17-18-19-20-21-22-24-26-35-41-47-62(67)79-58(52-74-61(66)46-40-34-29-27-31-37-43-55(3)4)53-77-81(69,70)75-49-57(64)50-76-82(71,72)78-54-59(80-63(68)48-42-36-30-28-32-38-44-56(5)6)51-73-60(65)45-39-33-25-23-16-14-12-10-8-2/h17-20,55-59,64H,7-16,21-54H2,1-6H3,(H,69,70)(H,71,72)/b18-17-,20-19-/t57-,58-,59-/m1/s1. The number of carbonyl (C=O) groups excluding carboxylic acids is 4. The van der Waals surface area contributed by atoms with Crippen molar-refractivity contribution < 1.29 is 80.2 Å². The number of rotatable bonds is 60. The molecular formula is C63H118O17P2. The Labute approximate surface area is 497 Å². The van der Waals surface area contributed by atoms with Crippen molar-refractivity contribution in [3.63, 3.8) is 0 Å². The fraction of sp³-hybridized carbons (Fsp3) is 0.873. The zero-order valence-corrected chi connectivity index (χ0v) is 54.0. The minimum absolute atomic E-state index is 0.0834. The fourth-order valence-electron chi connectivity index (χ4n) is 8.81. The molecule has 0 rings (SSSR count). The van der Waals surface area contributed by atoms with E-state index in [2.05, 4.69) is 65.8 Å². The molecule has 0 spiro atoms. The number of aliphatic hydroxyl groups is 1. The van der Waals surface area contributed by atoms with Crippen LogP contribution < -0.4 is 0 Å². The summed E-state index contributed by atoms with van der Waals surface area (Å²) in [6.07, 6.45) is 40.1. The normalized spacial score (nSPS) is 14.5. The third-order valence-electron chi connectivity index (χ3n) is 13.8. The molecule has 0 fully saturated rings. The molecule has 5 atom stereocenters. The van der Waals surface area contributed by atoms with E-state index in [1.165, 1.54) is 83.5 Å². The number of hydrogen-bond donors (Lipinski definition) is 3. The SMILES string of the molecule is CCCCCC/C=C\C=C/CCCCCCCC(=O)O[C@H](COC(=O)CCCCCCCCC(C)C)COP(=O)(O)OC[C@@H](O)COP(=O)(O)OC[C@@H](COC(=O)CCCCCCCCCCC)OC(=O)CCCCCCCCC(C)C. The molecule has 0 radical (unpaired) electrons. The van der Waals surface area contributed by atoms with Crippen LogP contribution in [-0.2, 0) is 65.4 Å². The first-order valence-electron chi connectivity index (χ1n) is 32.3. The van der Waals surface area contributed by atoms with Gasteiger partial charge in [0, 0.05) is 25.7 Å². The van der Waals surface area contributed by atoms with Crippen molar-refractivity contribution in [1.29, 1.82) is 0 Å². The van der Waals surface area contributed by atoms with Crippen LogP contribution in [0, 0.1) is 11.8 Å². The highest BCUT2D eigenvalue weighted by Crippen LogP contribution is 2.45. The summed E-state index contributed by atoms with van der Waals surface area (Å²) in [5, 5.41) is 10.5. The second-order valence-corrected chi connectivity index (χ2v) is 26.0. The predicted octanol–water partition coefficient (Wildman–Crippen LogP) is 16.8. The van der Waals surface area contributed by atoms with Gasteiger partial charge in [0.05, 0.1) is 26.4 Å². The Morgan fingerprint density at radius 1 is 0.378 bits per heavy atom. The van der Waals surface area contributed by atoms with Gasteiger partial charge in [0.2, 0.25) is 0 Å². The van der Waals surface area contributed by atoms with E-state index >= 15 is 0 Å². The Kier molecular flexibility index (Phi) is 53.5. The fourth-order valence-corrected chi connectivity index (χ4v) is 10.4. The molecule has 2 unspecified atom stereocenters. The minimum atomic E-state index is -4.95. The van der Waals surface area contributed by atoms with E-state index in [1.807, 2.05) is 0 Å². The highest BCUT2D eigenvalue weighted by Gasteiger charge is 2.30. The highest BCUT2D eigenvalue weighted by atomic mass is 31.2. The first-order chi connectivity index (χ1) is 39.4. The third kappa shape index (κ3) is 56.7.